The number of likely N-dealkylation sites (tertiary alicyclic amines) is 1. The third kappa shape index (κ3) is 7.17. The number of amides is 2. The minimum atomic E-state index is -0.534. The first-order valence-corrected chi connectivity index (χ1v) is 18.5. The molecule has 2 saturated heterocycles. The quantitative estimate of drug-likeness (QED) is 0.209. The largest absolute Gasteiger partial charge is 0.392 e. The van der Waals surface area contributed by atoms with E-state index in [9.17, 15) is 15.0 Å². The molecule has 4 aliphatic carbocycles. The van der Waals surface area contributed by atoms with Gasteiger partial charge in [-0.3, -0.25) is 4.90 Å². The summed E-state index contributed by atoms with van der Waals surface area (Å²) in [5, 5.41) is 26.3. The molecule has 5 atom stereocenters. The van der Waals surface area contributed by atoms with E-state index in [2.05, 4.69) is 71.0 Å². The van der Waals surface area contributed by atoms with E-state index in [1.807, 2.05) is 24.3 Å². The van der Waals surface area contributed by atoms with Crippen LogP contribution in [-0.4, -0.2) is 58.5 Å². The molecule has 0 aromatic heterocycles. The predicted octanol–water partition coefficient (Wildman–Crippen LogP) is 6.47. The number of carbonyl (C=O) groups excluding carboxylic acids is 1. The fourth-order valence-corrected chi connectivity index (χ4v) is 9.99. The predicted molar refractivity (Wildman–Crippen MR) is 188 cm³/mol. The maximum absolute atomic E-state index is 13.1. The van der Waals surface area contributed by atoms with Gasteiger partial charge in [-0.2, -0.15) is 0 Å². The molecule has 4 bridgehead atoms. The van der Waals surface area contributed by atoms with Gasteiger partial charge in [-0.15, -0.1) is 0 Å². The van der Waals surface area contributed by atoms with Gasteiger partial charge >= 0.3 is 6.03 Å². The van der Waals surface area contributed by atoms with Gasteiger partial charge in [0.2, 0.25) is 0 Å². The number of aliphatic hydroxyl groups excluding tert-OH is 2. The number of hydrogen-bond donors (Lipinski definition) is 4. The monoisotopic (exact) mass is 665 g/mol. The number of hydrogen-bond acceptors (Lipinski definition) is 6. The van der Waals surface area contributed by atoms with Crippen LogP contribution in [-0.2, 0) is 22.6 Å². The highest BCUT2D eigenvalue weighted by molar-refractivity contribution is 5.75. The Balaban J connectivity index is 0.932. The molecule has 49 heavy (non-hydrogen) atoms. The molecule has 6 aliphatic rings. The van der Waals surface area contributed by atoms with Crippen molar-refractivity contribution in [1.29, 1.82) is 0 Å². The molecule has 8 nitrogen and oxygen atoms in total. The Morgan fingerprint density at radius 1 is 0.878 bits per heavy atom. The Kier molecular flexibility index (Phi) is 9.27. The van der Waals surface area contributed by atoms with Gasteiger partial charge in [0.05, 0.1) is 24.9 Å². The number of ether oxygens (including phenoxy) is 2. The second kappa shape index (κ2) is 13.8. The van der Waals surface area contributed by atoms with Crippen molar-refractivity contribution in [1.82, 2.24) is 15.5 Å². The van der Waals surface area contributed by atoms with Gasteiger partial charge in [0, 0.05) is 43.2 Å². The molecule has 6 fully saturated rings. The van der Waals surface area contributed by atoms with Crippen molar-refractivity contribution >= 4 is 6.03 Å². The van der Waals surface area contributed by atoms with Crippen molar-refractivity contribution in [3.8, 4) is 11.1 Å². The minimum Gasteiger partial charge on any atom is -0.392 e. The minimum absolute atomic E-state index is 0.00742. The maximum Gasteiger partial charge on any atom is 0.315 e. The summed E-state index contributed by atoms with van der Waals surface area (Å²) in [5.41, 5.74) is 6.16. The van der Waals surface area contributed by atoms with E-state index >= 15 is 0 Å². The van der Waals surface area contributed by atoms with Gasteiger partial charge in [-0.25, -0.2) is 4.79 Å². The summed E-state index contributed by atoms with van der Waals surface area (Å²) in [6.07, 6.45) is 7.27. The number of urea groups is 1. The topological polar surface area (TPSA) is 103 Å². The lowest BCUT2D eigenvalue weighted by Gasteiger charge is -2.56. The fraction of sp³-hybridized carbons (Fsp3) is 0.537. The van der Waals surface area contributed by atoms with E-state index in [-0.39, 0.29) is 42.4 Å². The van der Waals surface area contributed by atoms with E-state index < -0.39 is 6.29 Å². The number of rotatable bonds is 9. The molecule has 8 heteroatoms. The molecule has 2 heterocycles. The second-order valence-corrected chi connectivity index (χ2v) is 15.9. The van der Waals surface area contributed by atoms with Crippen LogP contribution in [0.4, 0.5) is 4.79 Å². The van der Waals surface area contributed by atoms with Gasteiger partial charge in [0.25, 0.3) is 0 Å². The van der Waals surface area contributed by atoms with Crippen molar-refractivity contribution in [3.05, 3.63) is 95.1 Å². The number of carbonyl (C=O) groups is 1. The Morgan fingerprint density at radius 2 is 1.57 bits per heavy atom. The Labute approximate surface area is 290 Å². The zero-order valence-electron chi connectivity index (χ0n) is 28.6. The zero-order valence-corrected chi connectivity index (χ0v) is 28.6. The third-order valence-corrected chi connectivity index (χ3v) is 12.1. The van der Waals surface area contributed by atoms with Gasteiger partial charge in [-0.1, -0.05) is 73.7 Å². The molecule has 4 N–H and O–H groups in total. The van der Waals surface area contributed by atoms with Crippen LogP contribution in [0.15, 0.2) is 72.8 Å². The summed E-state index contributed by atoms with van der Waals surface area (Å²) < 4.78 is 13.3. The average Bonchev–Trinajstić information content (AvgIpc) is 3.52. The lowest BCUT2D eigenvalue weighted by molar-refractivity contribution is -0.276. The summed E-state index contributed by atoms with van der Waals surface area (Å²) in [4.78, 5) is 15.4. The van der Waals surface area contributed by atoms with E-state index in [0.717, 1.165) is 89.9 Å². The summed E-state index contributed by atoms with van der Waals surface area (Å²) in [6.45, 7) is 4.95. The summed E-state index contributed by atoms with van der Waals surface area (Å²) >= 11 is 0. The van der Waals surface area contributed by atoms with Gasteiger partial charge in [0.15, 0.2) is 6.29 Å². The zero-order chi connectivity index (χ0) is 33.5. The Bertz CT molecular complexity index is 1570. The highest BCUT2D eigenvalue weighted by atomic mass is 16.7. The molecule has 0 spiro atoms. The molecule has 4 saturated carbocycles. The molecule has 0 radical (unpaired) electrons. The van der Waals surface area contributed by atoms with Crippen molar-refractivity contribution in [2.24, 2.45) is 23.7 Å². The molecule has 9 rings (SSSR count). The molecule has 0 unspecified atom stereocenters. The van der Waals surface area contributed by atoms with Gasteiger partial charge in [-0.05, 0) is 96.6 Å². The van der Waals surface area contributed by atoms with Crippen LogP contribution in [0.25, 0.3) is 11.1 Å². The van der Waals surface area contributed by atoms with Crippen LogP contribution in [0, 0.1) is 23.7 Å². The van der Waals surface area contributed by atoms with Crippen LogP contribution in [0.1, 0.15) is 86.5 Å². The second-order valence-electron chi connectivity index (χ2n) is 15.9. The highest BCUT2D eigenvalue weighted by Gasteiger charge is 2.51. The van der Waals surface area contributed by atoms with Crippen LogP contribution >= 0.6 is 0 Å². The molecular weight excluding hydrogens is 614 g/mol. The number of nitrogens with one attached hydrogen (secondary N) is 2. The van der Waals surface area contributed by atoms with E-state index in [1.54, 1.807) is 0 Å². The van der Waals surface area contributed by atoms with Crippen molar-refractivity contribution in [3.63, 3.8) is 0 Å². The molecule has 2 aliphatic heterocycles. The number of benzene rings is 3. The molecule has 3 aromatic carbocycles. The van der Waals surface area contributed by atoms with Crippen LogP contribution in [0.2, 0.25) is 0 Å². The molecule has 3 aromatic rings. The number of nitrogens with zero attached hydrogens (tertiary/aromatic N) is 1. The summed E-state index contributed by atoms with van der Waals surface area (Å²) in [5.74, 6) is 2.49. The number of β-amino-alcohol motifs (C(OH)–C–C–N with tert-alkyl or cyclic N) is 1. The van der Waals surface area contributed by atoms with Crippen molar-refractivity contribution < 1.29 is 24.5 Å². The SMILES string of the molecule is C[C@H]1[C@@H](CN2CC[C@H](O)C2)O[C@@H](c2ccc(-c3cccc(CNC(=O)NC45CC6CC(CC(C6)C4)C5)c3)cc2)O[C@H]1c1ccc(CO)cc1. The van der Waals surface area contributed by atoms with Crippen LogP contribution in [0.5, 0.6) is 0 Å². The standard InChI is InChI=1S/C41H51N3O5/c1-26-37(24-44-14-13-36(46)23-44)48-39(49-38(26)33-7-5-27(25-45)6-8-33)34-11-9-32(10-12-34)35-4-2-3-28(18-35)22-42-40(47)43-41-19-29-15-30(20-41)17-31(16-29)21-41/h2-12,18,26,29-31,36-39,45-46H,13-17,19-25H2,1H3,(H2,42,43,47)/t26-,29?,30?,31?,36-,37+,38+,39+,41?/m0/s1. The summed E-state index contributed by atoms with van der Waals surface area (Å²) in [6, 6.07) is 24.7. The average molecular weight is 666 g/mol. The Hall–Kier alpha value is -3.27. The van der Waals surface area contributed by atoms with Crippen LogP contribution < -0.4 is 10.6 Å². The van der Waals surface area contributed by atoms with Crippen molar-refractivity contribution in [2.75, 3.05) is 19.6 Å². The van der Waals surface area contributed by atoms with Gasteiger partial charge < -0.3 is 30.3 Å². The molecule has 260 valence electrons. The third-order valence-electron chi connectivity index (χ3n) is 12.1. The molecular formula is C41H51N3O5. The lowest BCUT2D eigenvalue weighted by Crippen LogP contribution is -2.61. The van der Waals surface area contributed by atoms with Gasteiger partial charge in [0.1, 0.15) is 0 Å². The highest BCUT2D eigenvalue weighted by Crippen LogP contribution is 2.55. The van der Waals surface area contributed by atoms with E-state index in [4.69, 9.17) is 9.47 Å². The maximum atomic E-state index is 13.1. The molecule has 2 amide bonds. The normalized spacial score (nSPS) is 33.9. The first-order valence-electron chi connectivity index (χ1n) is 18.5. The Morgan fingerprint density at radius 3 is 2.22 bits per heavy atom. The smallest absolute Gasteiger partial charge is 0.315 e. The first-order chi connectivity index (χ1) is 23.8. The number of aliphatic hydroxyl groups is 2. The van der Waals surface area contributed by atoms with Crippen LogP contribution in [0.3, 0.4) is 0 Å². The van der Waals surface area contributed by atoms with Crippen molar-refractivity contribution in [2.45, 2.75) is 95.2 Å². The van der Waals surface area contributed by atoms with E-state index in [0.29, 0.717) is 13.1 Å². The first kappa shape index (κ1) is 32.9. The lowest BCUT2D eigenvalue weighted by atomic mass is 9.53. The summed E-state index contributed by atoms with van der Waals surface area (Å²) in [7, 11) is 0. The fourth-order valence-electron chi connectivity index (χ4n) is 9.99. The van der Waals surface area contributed by atoms with E-state index in [1.165, 1.54) is 19.3 Å².